The van der Waals surface area contributed by atoms with Gasteiger partial charge >= 0.3 is 0 Å². The molecule has 8 rings (SSSR count). The van der Waals surface area contributed by atoms with Crippen LogP contribution < -0.4 is 9.47 Å². The molecule has 2 aliphatic heterocycles. The van der Waals surface area contributed by atoms with Crippen molar-refractivity contribution in [3.63, 3.8) is 0 Å². The molecule has 2 aromatic rings. The van der Waals surface area contributed by atoms with Crippen LogP contribution in [0.15, 0.2) is 24.3 Å². The Kier molecular flexibility index (Phi) is 5.45. The van der Waals surface area contributed by atoms with Gasteiger partial charge in [0.05, 0.1) is 13.2 Å². The fraction of sp³-hybridized carbons (Fsp3) is 0.625. The third-order valence-corrected chi connectivity index (χ3v) is 9.93. The number of hydrogen-bond acceptors (Lipinski definition) is 4. The molecular weight excluding hydrogens is 448 g/mol. The van der Waals surface area contributed by atoms with E-state index < -0.39 is 0 Å². The maximum atomic E-state index is 6.24. The van der Waals surface area contributed by atoms with E-state index in [0.717, 1.165) is 36.5 Å². The normalized spacial score (nSPS) is 35.7. The van der Waals surface area contributed by atoms with Crippen LogP contribution in [0.3, 0.4) is 0 Å². The quantitative estimate of drug-likeness (QED) is 0.414. The van der Waals surface area contributed by atoms with Crippen LogP contribution in [-0.2, 0) is 14.9 Å². The molecule has 2 atom stereocenters. The highest BCUT2D eigenvalue weighted by Gasteiger charge is 2.58. The summed E-state index contributed by atoms with van der Waals surface area (Å²) in [7, 11) is 0. The van der Waals surface area contributed by atoms with Crippen LogP contribution in [0.4, 0.5) is 0 Å². The van der Waals surface area contributed by atoms with E-state index in [-0.39, 0.29) is 17.6 Å². The summed E-state index contributed by atoms with van der Waals surface area (Å²) in [5.41, 5.74) is 8.15. The number of rotatable bonds is 8. The van der Waals surface area contributed by atoms with Gasteiger partial charge in [-0.25, -0.2) is 0 Å². The third kappa shape index (κ3) is 3.79. The van der Waals surface area contributed by atoms with Crippen LogP contribution in [0.5, 0.6) is 11.5 Å². The first-order chi connectivity index (χ1) is 17.4. The smallest absolute Gasteiger partial charge is 0.125 e. The van der Waals surface area contributed by atoms with Crippen LogP contribution in [-0.4, -0.2) is 38.6 Å². The first-order valence-corrected chi connectivity index (χ1v) is 14.1. The van der Waals surface area contributed by atoms with E-state index in [4.69, 9.17) is 18.9 Å². The molecule has 4 bridgehead atoms. The van der Waals surface area contributed by atoms with Crippen LogP contribution in [0.1, 0.15) is 65.5 Å². The van der Waals surface area contributed by atoms with E-state index in [0.29, 0.717) is 25.0 Å². The van der Waals surface area contributed by atoms with Gasteiger partial charge in [-0.15, -0.1) is 0 Å². The van der Waals surface area contributed by atoms with Crippen LogP contribution >= 0.6 is 0 Å². The summed E-state index contributed by atoms with van der Waals surface area (Å²) >= 11 is 0. The zero-order valence-corrected chi connectivity index (χ0v) is 22.3. The number of ether oxygens (including phenoxy) is 4. The van der Waals surface area contributed by atoms with Gasteiger partial charge in [0.1, 0.15) is 36.9 Å². The largest absolute Gasteiger partial charge is 0.490 e. The van der Waals surface area contributed by atoms with Gasteiger partial charge in [0, 0.05) is 5.41 Å². The van der Waals surface area contributed by atoms with Crippen molar-refractivity contribution >= 4 is 0 Å². The molecule has 4 saturated carbocycles. The molecule has 0 radical (unpaired) electrons. The summed E-state index contributed by atoms with van der Waals surface area (Å²) < 4.78 is 23.3. The third-order valence-electron chi connectivity index (χ3n) is 9.93. The average molecular weight is 489 g/mol. The second-order valence-electron chi connectivity index (χ2n) is 12.6. The molecule has 0 amide bonds. The molecule has 2 aromatic carbocycles. The zero-order chi connectivity index (χ0) is 24.6. The first kappa shape index (κ1) is 23.1. The van der Waals surface area contributed by atoms with E-state index in [2.05, 4.69) is 52.0 Å². The highest BCUT2D eigenvalue weighted by molar-refractivity contribution is 5.54. The van der Waals surface area contributed by atoms with Gasteiger partial charge in [-0.05, 0) is 117 Å². The van der Waals surface area contributed by atoms with Crippen molar-refractivity contribution in [1.29, 1.82) is 0 Å². The lowest BCUT2D eigenvalue weighted by atomic mass is 9.42. The minimum absolute atomic E-state index is 0.0781. The Hall–Kier alpha value is -2.04. The van der Waals surface area contributed by atoms with Gasteiger partial charge in [-0.1, -0.05) is 24.3 Å². The Morgan fingerprint density at radius 1 is 0.639 bits per heavy atom. The van der Waals surface area contributed by atoms with Crippen LogP contribution in [0, 0.1) is 51.4 Å². The topological polar surface area (TPSA) is 43.5 Å². The van der Waals surface area contributed by atoms with Gasteiger partial charge in [0.15, 0.2) is 0 Å². The second kappa shape index (κ2) is 8.49. The van der Waals surface area contributed by atoms with Crippen molar-refractivity contribution < 1.29 is 18.9 Å². The van der Waals surface area contributed by atoms with E-state index in [1.54, 1.807) is 0 Å². The summed E-state index contributed by atoms with van der Waals surface area (Å²) in [6.07, 6.45) is 7.51. The standard InChI is InChI=1S/C32H40O4/c1-18-5-24(6-19(2)30(18)35-16-28-14-33-28)32(26-10-22-9-23(12-26)13-27(32)11-22)25-7-20(3)31(21(4)8-25)36-17-29-15-34-29/h5-8,22-23,26-29H,9-17H2,1-4H3. The maximum Gasteiger partial charge on any atom is 0.125 e. The predicted molar refractivity (Wildman–Crippen MR) is 140 cm³/mol. The minimum atomic E-state index is 0.0781. The average Bonchev–Trinajstić information content (AvgIpc) is 3.73. The number of benzene rings is 2. The lowest BCUT2D eigenvalue weighted by molar-refractivity contribution is -0.0419. The summed E-state index contributed by atoms with van der Waals surface area (Å²) in [5.74, 6) is 5.37. The molecule has 0 aromatic heterocycles. The number of hydrogen-bond donors (Lipinski definition) is 0. The molecule has 4 heteroatoms. The maximum absolute atomic E-state index is 6.24. The van der Waals surface area contributed by atoms with Crippen LogP contribution in [0.25, 0.3) is 0 Å². The van der Waals surface area contributed by atoms with Crippen molar-refractivity contribution in [2.75, 3.05) is 26.4 Å². The molecule has 2 saturated heterocycles. The lowest BCUT2D eigenvalue weighted by Gasteiger charge is -2.62. The summed E-state index contributed by atoms with van der Waals surface area (Å²) in [6, 6.07) is 9.88. The first-order valence-electron chi connectivity index (χ1n) is 14.1. The zero-order valence-electron chi connectivity index (χ0n) is 22.3. The molecule has 36 heavy (non-hydrogen) atoms. The van der Waals surface area contributed by atoms with Crippen molar-refractivity contribution in [2.45, 2.75) is 77.4 Å². The summed E-state index contributed by atoms with van der Waals surface area (Å²) in [6.45, 7) is 11.9. The van der Waals surface area contributed by atoms with Gasteiger partial charge in [0.25, 0.3) is 0 Å². The Morgan fingerprint density at radius 2 is 1.00 bits per heavy atom. The lowest BCUT2D eigenvalue weighted by Crippen LogP contribution is -2.56. The fourth-order valence-electron chi connectivity index (χ4n) is 8.55. The van der Waals surface area contributed by atoms with Crippen molar-refractivity contribution in [1.82, 2.24) is 0 Å². The molecule has 4 aliphatic carbocycles. The Morgan fingerprint density at radius 3 is 1.33 bits per heavy atom. The summed E-state index contributed by atoms with van der Waals surface area (Å²) in [4.78, 5) is 0. The molecule has 2 unspecified atom stereocenters. The molecule has 6 aliphatic rings. The molecule has 0 spiro atoms. The van der Waals surface area contributed by atoms with Gasteiger partial charge in [0.2, 0.25) is 0 Å². The minimum Gasteiger partial charge on any atom is -0.490 e. The molecule has 4 nitrogen and oxygen atoms in total. The highest BCUT2D eigenvalue weighted by Crippen LogP contribution is 2.65. The molecule has 2 heterocycles. The number of epoxide rings is 2. The molecular formula is C32H40O4. The number of aryl methyl sites for hydroxylation is 4. The van der Waals surface area contributed by atoms with E-state index in [9.17, 15) is 0 Å². The molecule has 192 valence electrons. The SMILES string of the molecule is Cc1cc(C2(c3cc(C)c(OCC4CO4)c(C)c3)C3CC4CC(C3)CC2C4)cc(C)c1OCC1CO1. The van der Waals surface area contributed by atoms with E-state index >= 15 is 0 Å². The summed E-state index contributed by atoms with van der Waals surface area (Å²) in [5, 5.41) is 0. The second-order valence-corrected chi connectivity index (χ2v) is 12.6. The highest BCUT2D eigenvalue weighted by atomic mass is 16.6. The van der Waals surface area contributed by atoms with E-state index in [1.807, 2.05) is 0 Å². The Bertz CT molecular complexity index is 1030. The van der Waals surface area contributed by atoms with Crippen molar-refractivity contribution in [2.24, 2.45) is 23.7 Å². The van der Waals surface area contributed by atoms with Gasteiger partial charge in [-0.3, -0.25) is 0 Å². The monoisotopic (exact) mass is 488 g/mol. The Balaban J connectivity index is 1.33. The van der Waals surface area contributed by atoms with E-state index in [1.165, 1.54) is 65.5 Å². The van der Waals surface area contributed by atoms with Gasteiger partial charge in [-0.2, -0.15) is 0 Å². The predicted octanol–water partition coefficient (Wildman–Crippen LogP) is 6.22. The molecule has 6 fully saturated rings. The Labute approximate surface area is 215 Å². The van der Waals surface area contributed by atoms with Crippen LogP contribution in [0.2, 0.25) is 0 Å². The van der Waals surface area contributed by atoms with Crippen molar-refractivity contribution in [3.8, 4) is 11.5 Å². The molecule has 0 N–H and O–H groups in total. The fourth-order valence-corrected chi connectivity index (χ4v) is 8.55. The van der Waals surface area contributed by atoms with Gasteiger partial charge < -0.3 is 18.9 Å². The van der Waals surface area contributed by atoms with Crippen molar-refractivity contribution in [3.05, 3.63) is 57.6 Å².